The lowest BCUT2D eigenvalue weighted by molar-refractivity contribution is -0.138. The Labute approximate surface area is 112 Å². The smallest absolute Gasteiger partial charge is 0.418 e. The number of halogens is 3. The average Bonchev–Trinajstić information content (AvgIpc) is 2.46. The van der Waals surface area contributed by atoms with Crippen molar-refractivity contribution in [3.63, 3.8) is 0 Å². The predicted octanol–water partition coefficient (Wildman–Crippen LogP) is 2.95. The molecule has 0 N–H and O–H groups in total. The summed E-state index contributed by atoms with van der Waals surface area (Å²) in [6.45, 7) is 0. The van der Waals surface area contributed by atoms with Crippen LogP contribution in [0.5, 0.6) is 0 Å². The monoisotopic (exact) mass is 282 g/mol. The summed E-state index contributed by atoms with van der Waals surface area (Å²) >= 11 is 0. The summed E-state index contributed by atoms with van der Waals surface area (Å²) in [5, 5.41) is 0. The summed E-state index contributed by atoms with van der Waals surface area (Å²) in [5.74, 6) is -1.13. The van der Waals surface area contributed by atoms with E-state index in [4.69, 9.17) is 0 Å². The Balaban J connectivity index is 2.58. The molecular weight excluding hydrogens is 273 g/mol. The number of aromatic nitrogens is 2. The largest absolute Gasteiger partial charge is 0.464 e. The maximum atomic E-state index is 13.0. The van der Waals surface area contributed by atoms with Crippen LogP contribution in [0.25, 0.3) is 11.1 Å². The summed E-state index contributed by atoms with van der Waals surface area (Å²) in [7, 11) is 0.999. The molecule has 104 valence electrons. The first kappa shape index (κ1) is 14.0. The van der Waals surface area contributed by atoms with Crippen molar-refractivity contribution in [2.75, 3.05) is 7.11 Å². The Morgan fingerprint density at radius 3 is 2.55 bits per heavy atom. The topological polar surface area (TPSA) is 52.1 Å². The van der Waals surface area contributed by atoms with Gasteiger partial charge in [-0.15, -0.1) is 0 Å². The molecule has 0 radical (unpaired) electrons. The molecule has 0 aliphatic heterocycles. The van der Waals surface area contributed by atoms with Gasteiger partial charge in [0.25, 0.3) is 0 Å². The van der Waals surface area contributed by atoms with E-state index >= 15 is 0 Å². The van der Waals surface area contributed by atoms with E-state index in [1.807, 2.05) is 0 Å². The van der Waals surface area contributed by atoms with Gasteiger partial charge in [-0.1, -0.05) is 6.07 Å². The lowest BCUT2D eigenvalue weighted by atomic mass is 10.1. The van der Waals surface area contributed by atoms with Gasteiger partial charge in [0.15, 0.2) is 5.69 Å². The van der Waals surface area contributed by atoms with Crippen molar-refractivity contribution in [1.82, 2.24) is 9.97 Å². The molecule has 0 aliphatic carbocycles. The zero-order valence-electron chi connectivity index (χ0n) is 10.3. The molecule has 2 heterocycles. The maximum Gasteiger partial charge on any atom is 0.418 e. The van der Waals surface area contributed by atoms with Gasteiger partial charge in [-0.3, -0.25) is 4.98 Å². The molecule has 0 saturated carbocycles. The van der Waals surface area contributed by atoms with E-state index < -0.39 is 23.4 Å². The number of methoxy groups -OCH3 is 1. The van der Waals surface area contributed by atoms with Gasteiger partial charge in [-0.2, -0.15) is 13.2 Å². The highest BCUT2D eigenvalue weighted by Gasteiger charge is 2.37. The van der Waals surface area contributed by atoms with Crippen LogP contribution in [0.1, 0.15) is 16.1 Å². The molecule has 0 fully saturated rings. The maximum absolute atomic E-state index is 13.0. The van der Waals surface area contributed by atoms with Crippen LogP contribution in [0.3, 0.4) is 0 Å². The van der Waals surface area contributed by atoms with E-state index in [0.717, 1.165) is 13.2 Å². The molecule has 0 aliphatic rings. The number of hydrogen-bond donors (Lipinski definition) is 0. The van der Waals surface area contributed by atoms with Gasteiger partial charge < -0.3 is 4.74 Å². The fourth-order valence-electron chi connectivity index (χ4n) is 1.63. The summed E-state index contributed by atoms with van der Waals surface area (Å²) < 4.78 is 43.2. The number of rotatable bonds is 2. The number of pyridine rings is 2. The normalized spacial score (nSPS) is 11.2. The van der Waals surface area contributed by atoms with Crippen LogP contribution in [0, 0.1) is 0 Å². The zero-order chi connectivity index (χ0) is 14.8. The third-order valence-corrected chi connectivity index (χ3v) is 2.57. The van der Waals surface area contributed by atoms with Crippen molar-refractivity contribution in [3.05, 3.63) is 48.0 Å². The Kier molecular flexibility index (Phi) is 3.69. The molecule has 0 atom stereocenters. The first-order valence-corrected chi connectivity index (χ1v) is 5.49. The number of ether oxygens (including phenoxy) is 1. The van der Waals surface area contributed by atoms with Crippen molar-refractivity contribution in [1.29, 1.82) is 0 Å². The van der Waals surface area contributed by atoms with Gasteiger partial charge in [0.05, 0.1) is 12.7 Å². The number of hydrogen-bond acceptors (Lipinski definition) is 4. The molecule has 2 aromatic heterocycles. The second-order valence-corrected chi connectivity index (χ2v) is 3.85. The zero-order valence-corrected chi connectivity index (χ0v) is 10.3. The molecule has 20 heavy (non-hydrogen) atoms. The highest BCUT2D eigenvalue weighted by Crippen LogP contribution is 2.34. The van der Waals surface area contributed by atoms with Crippen LogP contribution in [0.2, 0.25) is 0 Å². The molecule has 2 rings (SSSR count). The number of carbonyl (C=O) groups is 1. The lowest BCUT2D eigenvalue weighted by Gasteiger charge is -2.12. The van der Waals surface area contributed by atoms with Gasteiger partial charge in [-0.25, -0.2) is 9.78 Å². The van der Waals surface area contributed by atoms with E-state index in [2.05, 4.69) is 14.7 Å². The fourth-order valence-corrected chi connectivity index (χ4v) is 1.63. The summed E-state index contributed by atoms with van der Waals surface area (Å²) in [5.41, 5.74) is -1.20. The van der Waals surface area contributed by atoms with Crippen LogP contribution in [0.15, 0.2) is 36.8 Å². The average molecular weight is 282 g/mol. The van der Waals surface area contributed by atoms with Gasteiger partial charge in [-0.05, 0) is 12.1 Å². The van der Waals surface area contributed by atoms with E-state index in [1.165, 1.54) is 18.6 Å². The van der Waals surface area contributed by atoms with Crippen LogP contribution >= 0.6 is 0 Å². The fraction of sp³-hybridized carbons (Fsp3) is 0.154. The Hall–Kier alpha value is -2.44. The molecule has 2 aromatic rings. The van der Waals surface area contributed by atoms with Crippen molar-refractivity contribution >= 4 is 5.97 Å². The first-order chi connectivity index (χ1) is 9.43. The molecule has 0 spiro atoms. The Morgan fingerprint density at radius 1 is 1.25 bits per heavy atom. The number of carbonyl (C=O) groups excluding carboxylic acids is 1. The third kappa shape index (κ3) is 2.76. The SMILES string of the molecule is COC(=O)c1ncc(-c2cccnc2)cc1C(F)(F)F. The van der Waals surface area contributed by atoms with Crippen LogP contribution < -0.4 is 0 Å². The van der Waals surface area contributed by atoms with Crippen LogP contribution in [-0.2, 0) is 10.9 Å². The van der Waals surface area contributed by atoms with E-state index in [0.29, 0.717) is 5.56 Å². The molecule has 0 bridgehead atoms. The first-order valence-electron chi connectivity index (χ1n) is 5.49. The van der Waals surface area contributed by atoms with Gasteiger partial charge in [0.1, 0.15) is 0 Å². The van der Waals surface area contributed by atoms with Crippen LogP contribution in [0.4, 0.5) is 13.2 Å². The van der Waals surface area contributed by atoms with Crippen molar-refractivity contribution in [2.45, 2.75) is 6.18 Å². The molecule has 0 aromatic carbocycles. The van der Waals surface area contributed by atoms with E-state index in [9.17, 15) is 18.0 Å². The number of alkyl halides is 3. The Morgan fingerprint density at radius 2 is 2.00 bits per heavy atom. The minimum absolute atomic E-state index is 0.220. The molecule has 7 heteroatoms. The van der Waals surface area contributed by atoms with E-state index in [-0.39, 0.29) is 5.56 Å². The lowest BCUT2D eigenvalue weighted by Crippen LogP contribution is -2.16. The molecule has 4 nitrogen and oxygen atoms in total. The molecular formula is C13H9F3N2O2. The standard InChI is InChI=1S/C13H9F3N2O2/c1-20-12(19)11-10(13(14,15)16)5-9(7-18-11)8-3-2-4-17-6-8/h2-7H,1H3. The number of esters is 1. The molecule has 0 unspecified atom stereocenters. The third-order valence-electron chi connectivity index (χ3n) is 2.57. The summed E-state index contributed by atoms with van der Waals surface area (Å²) in [6.07, 6.45) is -0.605. The van der Waals surface area contributed by atoms with Crippen molar-refractivity contribution in [3.8, 4) is 11.1 Å². The number of nitrogens with zero attached hydrogens (tertiary/aromatic N) is 2. The van der Waals surface area contributed by atoms with Gasteiger partial charge >= 0.3 is 12.1 Å². The highest BCUT2D eigenvalue weighted by atomic mass is 19.4. The van der Waals surface area contributed by atoms with Crippen molar-refractivity contribution < 1.29 is 22.7 Å². The van der Waals surface area contributed by atoms with E-state index in [1.54, 1.807) is 12.1 Å². The Bertz CT molecular complexity index is 627. The minimum Gasteiger partial charge on any atom is -0.464 e. The predicted molar refractivity (Wildman–Crippen MR) is 63.8 cm³/mol. The summed E-state index contributed by atoms with van der Waals surface area (Å²) in [6, 6.07) is 4.05. The molecule has 0 saturated heterocycles. The molecule has 0 amide bonds. The second-order valence-electron chi connectivity index (χ2n) is 3.85. The summed E-state index contributed by atoms with van der Waals surface area (Å²) in [4.78, 5) is 18.7. The highest BCUT2D eigenvalue weighted by molar-refractivity contribution is 5.89. The quantitative estimate of drug-likeness (QED) is 0.795. The van der Waals surface area contributed by atoms with Gasteiger partial charge in [0, 0.05) is 29.7 Å². The van der Waals surface area contributed by atoms with Crippen molar-refractivity contribution in [2.24, 2.45) is 0 Å². The van der Waals surface area contributed by atoms with Crippen LogP contribution in [-0.4, -0.2) is 23.0 Å². The van der Waals surface area contributed by atoms with Gasteiger partial charge in [0.2, 0.25) is 0 Å². The second kappa shape index (κ2) is 5.28. The minimum atomic E-state index is -4.70.